The van der Waals surface area contributed by atoms with Crippen LogP contribution < -0.4 is 0 Å². The van der Waals surface area contributed by atoms with Crippen LogP contribution in [0, 0.1) is 0 Å². The van der Waals surface area contributed by atoms with Crippen molar-refractivity contribution < 1.29 is 9.21 Å². The van der Waals surface area contributed by atoms with Gasteiger partial charge in [-0.3, -0.25) is 0 Å². The van der Waals surface area contributed by atoms with Gasteiger partial charge in [-0.05, 0) is 41.9 Å². The number of halogens is 1. The fourth-order valence-corrected chi connectivity index (χ4v) is 1.12. The predicted molar refractivity (Wildman–Crippen MR) is 47.6 cm³/mol. The third-order valence-electron chi connectivity index (χ3n) is 1.50. The van der Waals surface area contributed by atoms with Gasteiger partial charge in [-0.25, -0.2) is 4.79 Å². The van der Waals surface area contributed by atoms with Crippen LogP contribution in [0.2, 0.25) is 0 Å². The van der Waals surface area contributed by atoms with Gasteiger partial charge in [0.25, 0.3) is 0 Å². The van der Waals surface area contributed by atoms with Crippen molar-refractivity contribution >= 4 is 22.0 Å². The average molecular weight is 230 g/mol. The molecule has 1 rings (SSSR count). The molecule has 3 nitrogen and oxygen atoms in total. The number of carbonyl (C=O) groups excluding carboxylic acids is 1. The summed E-state index contributed by atoms with van der Waals surface area (Å²) in [7, 11) is 0. The quantitative estimate of drug-likeness (QED) is 0.578. The smallest absolute Gasteiger partial charge is 0.235 e. The fraction of sp³-hybridized carbons (Fsp3) is 0.375. The Labute approximate surface area is 78.6 Å². The minimum Gasteiger partial charge on any atom is -0.452 e. The molecule has 0 aromatic carbocycles. The van der Waals surface area contributed by atoms with Gasteiger partial charge in [-0.1, -0.05) is 0 Å². The average Bonchev–Trinajstić information content (AvgIpc) is 2.36. The highest BCUT2D eigenvalue weighted by Gasteiger charge is 2.23. The Morgan fingerprint density at radius 3 is 2.67 bits per heavy atom. The molecule has 0 N–H and O–H groups in total. The summed E-state index contributed by atoms with van der Waals surface area (Å²) in [6.07, 6.45) is 1.52. The van der Waals surface area contributed by atoms with Crippen molar-refractivity contribution in [2.45, 2.75) is 19.4 Å². The molecular weight excluding hydrogens is 222 g/mol. The van der Waals surface area contributed by atoms with Crippen molar-refractivity contribution in [1.82, 2.24) is 0 Å². The molecule has 0 aliphatic heterocycles. The zero-order valence-corrected chi connectivity index (χ0v) is 8.38. The zero-order valence-electron chi connectivity index (χ0n) is 6.80. The topological polar surface area (TPSA) is 42.6 Å². The molecule has 1 aromatic rings. The molecule has 0 fully saturated rings. The second kappa shape index (κ2) is 3.25. The van der Waals surface area contributed by atoms with Crippen molar-refractivity contribution in [2.75, 3.05) is 0 Å². The molecule has 1 heterocycles. The van der Waals surface area contributed by atoms with E-state index in [9.17, 15) is 4.79 Å². The van der Waals surface area contributed by atoms with Gasteiger partial charge in [0.1, 0.15) is 11.3 Å². The lowest BCUT2D eigenvalue weighted by molar-refractivity contribution is 0.383. The lowest BCUT2D eigenvalue weighted by atomic mass is 10.0. The molecule has 0 bridgehead atoms. The van der Waals surface area contributed by atoms with Gasteiger partial charge in [0.2, 0.25) is 6.08 Å². The maximum absolute atomic E-state index is 10.1. The van der Waals surface area contributed by atoms with E-state index in [1.807, 2.05) is 0 Å². The fourth-order valence-electron chi connectivity index (χ4n) is 0.812. The number of isocyanates is 1. The number of hydrogen-bond donors (Lipinski definition) is 0. The molecule has 0 saturated carbocycles. The number of hydrogen-bond acceptors (Lipinski definition) is 3. The van der Waals surface area contributed by atoms with Crippen molar-refractivity contribution in [3.05, 3.63) is 22.6 Å². The number of aliphatic imine (C=N–C) groups is 1. The van der Waals surface area contributed by atoms with Gasteiger partial charge < -0.3 is 4.42 Å². The lowest BCUT2D eigenvalue weighted by Gasteiger charge is -2.12. The maximum Gasteiger partial charge on any atom is 0.235 e. The second-order valence-electron chi connectivity index (χ2n) is 2.87. The first kappa shape index (κ1) is 9.23. The minimum absolute atomic E-state index is 0.631. The number of furan rings is 1. The van der Waals surface area contributed by atoms with Crippen LogP contribution in [-0.2, 0) is 10.3 Å². The van der Waals surface area contributed by atoms with Gasteiger partial charge in [0.05, 0.1) is 0 Å². The van der Waals surface area contributed by atoms with E-state index in [-0.39, 0.29) is 0 Å². The second-order valence-corrected chi connectivity index (χ2v) is 3.65. The van der Waals surface area contributed by atoms with Crippen LogP contribution in [0.3, 0.4) is 0 Å². The van der Waals surface area contributed by atoms with Crippen LogP contribution in [0.15, 0.2) is 26.2 Å². The maximum atomic E-state index is 10.1. The molecule has 0 amide bonds. The van der Waals surface area contributed by atoms with Gasteiger partial charge in [0.15, 0.2) is 4.67 Å². The van der Waals surface area contributed by atoms with E-state index >= 15 is 0 Å². The first-order valence-electron chi connectivity index (χ1n) is 3.41. The molecule has 64 valence electrons. The zero-order chi connectivity index (χ0) is 9.19. The Bertz CT molecular complexity index is 324. The molecular formula is C8H8BrNO2. The van der Waals surface area contributed by atoms with E-state index in [1.165, 1.54) is 6.08 Å². The molecule has 0 unspecified atom stereocenters. The summed E-state index contributed by atoms with van der Waals surface area (Å²) in [6.45, 7) is 3.56. The highest BCUT2D eigenvalue weighted by atomic mass is 79.9. The minimum atomic E-state index is -0.631. The summed E-state index contributed by atoms with van der Waals surface area (Å²) in [5.41, 5.74) is -0.631. The summed E-state index contributed by atoms with van der Waals surface area (Å²) < 4.78 is 5.88. The van der Waals surface area contributed by atoms with Crippen LogP contribution in [0.5, 0.6) is 0 Å². The Balaban J connectivity index is 3.04. The number of nitrogens with zero attached hydrogens (tertiary/aromatic N) is 1. The summed E-state index contributed by atoms with van der Waals surface area (Å²) in [4.78, 5) is 13.7. The van der Waals surface area contributed by atoms with E-state index < -0.39 is 5.54 Å². The third kappa shape index (κ3) is 1.84. The highest BCUT2D eigenvalue weighted by molar-refractivity contribution is 9.10. The van der Waals surface area contributed by atoms with Crippen molar-refractivity contribution in [3.63, 3.8) is 0 Å². The molecule has 0 aliphatic rings. The van der Waals surface area contributed by atoms with E-state index in [1.54, 1.807) is 26.0 Å². The van der Waals surface area contributed by atoms with Crippen molar-refractivity contribution in [3.8, 4) is 0 Å². The summed E-state index contributed by atoms with van der Waals surface area (Å²) in [6, 6.07) is 3.53. The van der Waals surface area contributed by atoms with Crippen LogP contribution in [0.1, 0.15) is 19.6 Å². The monoisotopic (exact) mass is 229 g/mol. The highest BCUT2D eigenvalue weighted by Crippen LogP contribution is 2.27. The summed E-state index contributed by atoms with van der Waals surface area (Å²) in [5.74, 6) is 0.637. The van der Waals surface area contributed by atoms with Crippen molar-refractivity contribution in [2.24, 2.45) is 4.99 Å². The van der Waals surface area contributed by atoms with Crippen LogP contribution in [0.4, 0.5) is 0 Å². The van der Waals surface area contributed by atoms with Crippen molar-refractivity contribution in [1.29, 1.82) is 0 Å². The first-order chi connectivity index (χ1) is 5.56. The van der Waals surface area contributed by atoms with E-state index in [2.05, 4.69) is 20.9 Å². The van der Waals surface area contributed by atoms with E-state index in [4.69, 9.17) is 4.42 Å². The predicted octanol–water partition coefficient (Wildman–Crippen LogP) is 2.61. The van der Waals surface area contributed by atoms with Crippen LogP contribution in [0.25, 0.3) is 0 Å². The molecule has 0 aliphatic carbocycles. The Kier molecular flexibility index (Phi) is 2.50. The van der Waals surface area contributed by atoms with Gasteiger partial charge in [0, 0.05) is 0 Å². The van der Waals surface area contributed by atoms with E-state index in [0.717, 1.165) is 0 Å². The standard InChI is InChI=1S/C8H8BrNO2/c1-8(2,10-5-11)6-3-4-7(9)12-6/h3-4H,1-2H3. The normalized spacial score (nSPS) is 10.9. The van der Waals surface area contributed by atoms with Gasteiger partial charge in [-0.2, -0.15) is 4.99 Å². The van der Waals surface area contributed by atoms with E-state index in [0.29, 0.717) is 10.4 Å². The largest absolute Gasteiger partial charge is 0.452 e. The summed E-state index contributed by atoms with van der Waals surface area (Å²) >= 11 is 3.17. The number of rotatable bonds is 2. The lowest BCUT2D eigenvalue weighted by Crippen LogP contribution is -2.11. The first-order valence-corrected chi connectivity index (χ1v) is 4.20. The molecule has 1 aromatic heterocycles. The molecule has 12 heavy (non-hydrogen) atoms. The molecule has 0 radical (unpaired) electrons. The van der Waals surface area contributed by atoms with Gasteiger partial charge >= 0.3 is 0 Å². The molecule has 0 atom stereocenters. The van der Waals surface area contributed by atoms with Crippen LogP contribution in [-0.4, -0.2) is 6.08 Å². The SMILES string of the molecule is CC(C)(N=C=O)c1ccc(Br)o1. The molecule has 0 saturated heterocycles. The Hall–Kier alpha value is -0.860. The molecule has 4 heteroatoms. The Morgan fingerprint density at radius 1 is 1.58 bits per heavy atom. The molecule has 0 spiro atoms. The summed E-state index contributed by atoms with van der Waals surface area (Å²) in [5, 5.41) is 0. The van der Waals surface area contributed by atoms with Crippen LogP contribution >= 0.6 is 15.9 Å². The third-order valence-corrected chi connectivity index (χ3v) is 1.93. The van der Waals surface area contributed by atoms with Gasteiger partial charge in [-0.15, -0.1) is 0 Å². The Morgan fingerprint density at radius 2 is 2.25 bits per heavy atom.